The van der Waals surface area contributed by atoms with Crippen molar-refractivity contribution < 1.29 is 17.6 Å². The van der Waals surface area contributed by atoms with Crippen molar-refractivity contribution >= 4 is 15.7 Å². The zero-order chi connectivity index (χ0) is 16.2. The Hall–Kier alpha value is -1.47. The van der Waals surface area contributed by atoms with Gasteiger partial charge in [0.05, 0.1) is 10.6 Å². The summed E-state index contributed by atoms with van der Waals surface area (Å²) in [6.45, 7) is 2.21. The van der Waals surface area contributed by atoms with Crippen LogP contribution in [-0.2, 0) is 14.6 Å². The molecule has 2 rings (SSSR count). The van der Waals surface area contributed by atoms with Crippen LogP contribution in [0.2, 0.25) is 0 Å². The minimum atomic E-state index is -3.37. The van der Waals surface area contributed by atoms with E-state index in [1.807, 2.05) is 0 Å². The molecule has 0 aromatic heterocycles. The van der Waals surface area contributed by atoms with Crippen molar-refractivity contribution in [3.05, 3.63) is 30.1 Å². The van der Waals surface area contributed by atoms with E-state index in [2.05, 4.69) is 4.90 Å². The van der Waals surface area contributed by atoms with Gasteiger partial charge in [-0.3, -0.25) is 4.79 Å². The molecule has 0 saturated carbocycles. The van der Waals surface area contributed by atoms with E-state index < -0.39 is 15.7 Å². The second-order valence-corrected chi connectivity index (χ2v) is 7.75. The molecule has 0 spiro atoms. The molecule has 22 heavy (non-hydrogen) atoms. The standard InChI is InChI=1S/C15H21FN2O3S/c16-13-2-4-14(5-3-13)22(20,21)11-1-8-18-9-6-12(7-10-18)15(17)19/h2-5,12H,1,6-11H2,(H2,17,19). The van der Waals surface area contributed by atoms with Crippen LogP contribution < -0.4 is 5.73 Å². The van der Waals surface area contributed by atoms with Gasteiger partial charge in [0, 0.05) is 5.92 Å². The van der Waals surface area contributed by atoms with Crippen LogP contribution in [0.3, 0.4) is 0 Å². The van der Waals surface area contributed by atoms with E-state index in [9.17, 15) is 17.6 Å². The number of hydrogen-bond donors (Lipinski definition) is 1. The monoisotopic (exact) mass is 328 g/mol. The Morgan fingerprint density at radius 3 is 2.36 bits per heavy atom. The third kappa shape index (κ3) is 4.51. The van der Waals surface area contributed by atoms with E-state index in [0.717, 1.165) is 38.1 Å². The van der Waals surface area contributed by atoms with Crippen molar-refractivity contribution in [1.29, 1.82) is 0 Å². The molecule has 0 bridgehead atoms. The molecule has 1 aromatic rings. The molecule has 0 aliphatic carbocycles. The highest BCUT2D eigenvalue weighted by Crippen LogP contribution is 2.17. The highest BCUT2D eigenvalue weighted by Gasteiger charge is 2.23. The number of likely N-dealkylation sites (tertiary alicyclic amines) is 1. The van der Waals surface area contributed by atoms with Gasteiger partial charge in [0.1, 0.15) is 5.82 Å². The number of piperidine rings is 1. The molecule has 7 heteroatoms. The van der Waals surface area contributed by atoms with Crippen LogP contribution in [0.5, 0.6) is 0 Å². The summed E-state index contributed by atoms with van der Waals surface area (Å²) < 4.78 is 37.1. The van der Waals surface area contributed by atoms with Crippen LogP contribution in [0.4, 0.5) is 4.39 Å². The Kier molecular flexibility index (Phi) is 5.52. The van der Waals surface area contributed by atoms with E-state index in [1.54, 1.807) is 0 Å². The van der Waals surface area contributed by atoms with Gasteiger partial charge in [0.25, 0.3) is 0 Å². The first-order valence-electron chi connectivity index (χ1n) is 7.38. The van der Waals surface area contributed by atoms with Crippen molar-refractivity contribution in [2.45, 2.75) is 24.2 Å². The summed E-state index contributed by atoms with van der Waals surface area (Å²) >= 11 is 0. The first kappa shape index (κ1) is 16.9. The molecule has 1 fully saturated rings. The second-order valence-electron chi connectivity index (χ2n) is 5.64. The van der Waals surface area contributed by atoms with Gasteiger partial charge in [-0.2, -0.15) is 0 Å². The number of nitrogens with zero attached hydrogens (tertiary/aromatic N) is 1. The van der Waals surface area contributed by atoms with E-state index in [-0.39, 0.29) is 22.5 Å². The van der Waals surface area contributed by atoms with Gasteiger partial charge < -0.3 is 10.6 Å². The van der Waals surface area contributed by atoms with Crippen LogP contribution in [0.25, 0.3) is 0 Å². The largest absolute Gasteiger partial charge is 0.369 e. The number of carbonyl (C=O) groups is 1. The molecule has 1 saturated heterocycles. The molecule has 0 unspecified atom stereocenters. The molecule has 0 radical (unpaired) electrons. The SMILES string of the molecule is NC(=O)C1CCN(CCCS(=O)(=O)c2ccc(F)cc2)CC1. The van der Waals surface area contributed by atoms with Crippen molar-refractivity contribution in [3.63, 3.8) is 0 Å². The number of nitrogens with two attached hydrogens (primary N) is 1. The van der Waals surface area contributed by atoms with Gasteiger partial charge in [-0.1, -0.05) is 0 Å². The lowest BCUT2D eigenvalue weighted by Gasteiger charge is -2.30. The molecule has 1 aliphatic rings. The maximum absolute atomic E-state index is 12.8. The number of sulfone groups is 1. The summed E-state index contributed by atoms with van der Waals surface area (Å²) in [6.07, 6.45) is 1.99. The number of amides is 1. The summed E-state index contributed by atoms with van der Waals surface area (Å²) in [4.78, 5) is 13.4. The molecule has 1 aliphatic heterocycles. The van der Waals surface area contributed by atoms with Crippen LogP contribution in [0.1, 0.15) is 19.3 Å². The first-order chi connectivity index (χ1) is 10.4. The van der Waals surface area contributed by atoms with E-state index >= 15 is 0 Å². The van der Waals surface area contributed by atoms with Crippen LogP contribution in [0.15, 0.2) is 29.2 Å². The lowest BCUT2D eigenvalue weighted by molar-refractivity contribution is -0.123. The third-order valence-electron chi connectivity index (χ3n) is 4.05. The Balaban J connectivity index is 1.79. The van der Waals surface area contributed by atoms with Gasteiger partial charge in [-0.25, -0.2) is 12.8 Å². The Morgan fingerprint density at radius 2 is 1.82 bits per heavy atom. The fraction of sp³-hybridized carbons (Fsp3) is 0.533. The molecular weight excluding hydrogens is 307 g/mol. The zero-order valence-corrected chi connectivity index (χ0v) is 13.2. The number of halogens is 1. The average molecular weight is 328 g/mol. The van der Waals surface area contributed by atoms with Gasteiger partial charge >= 0.3 is 0 Å². The summed E-state index contributed by atoms with van der Waals surface area (Å²) in [5, 5.41) is 0. The smallest absolute Gasteiger partial charge is 0.220 e. The molecule has 122 valence electrons. The normalized spacial score (nSPS) is 17.5. The lowest BCUT2D eigenvalue weighted by Crippen LogP contribution is -2.39. The third-order valence-corrected chi connectivity index (χ3v) is 5.87. The van der Waals surface area contributed by atoms with Gasteiger partial charge in [0.2, 0.25) is 5.91 Å². The zero-order valence-electron chi connectivity index (χ0n) is 12.4. The summed E-state index contributed by atoms with van der Waals surface area (Å²) in [6, 6.07) is 4.90. The maximum atomic E-state index is 12.8. The number of benzene rings is 1. The highest BCUT2D eigenvalue weighted by atomic mass is 32.2. The van der Waals surface area contributed by atoms with Crippen molar-refractivity contribution in [3.8, 4) is 0 Å². The molecular formula is C15H21FN2O3S. The summed E-state index contributed by atoms with van der Waals surface area (Å²) in [5.41, 5.74) is 5.28. The van der Waals surface area contributed by atoms with E-state index in [1.165, 1.54) is 12.1 Å². The second kappa shape index (κ2) is 7.19. The quantitative estimate of drug-likeness (QED) is 0.795. The first-order valence-corrected chi connectivity index (χ1v) is 9.04. The highest BCUT2D eigenvalue weighted by molar-refractivity contribution is 7.91. The topological polar surface area (TPSA) is 80.5 Å². The van der Waals surface area contributed by atoms with Crippen LogP contribution in [-0.4, -0.2) is 44.6 Å². The molecule has 1 amide bonds. The lowest BCUT2D eigenvalue weighted by atomic mass is 9.96. The van der Waals surface area contributed by atoms with Crippen LogP contribution >= 0.6 is 0 Å². The molecule has 1 aromatic carbocycles. The molecule has 5 nitrogen and oxygen atoms in total. The van der Waals surface area contributed by atoms with E-state index in [0.29, 0.717) is 13.0 Å². The van der Waals surface area contributed by atoms with Crippen molar-refractivity contribution in [2.75, 3.05) is 25.4 Å². The van der Waals surface area contributed by atoms with Gasteiger partial charge in [-0.15, -0.1) is 0 Å². The minimum Gasteiger partial charge on any atom is -0.369 e. The van der Waals surface area contributed by atoms with Crippen molar-refractivity contribution in [1.82, 2.24) is 4.90 Å². The number of primary amides is 1. The van der Waals surface area contributed by atoms with Gasteiger partial charge in [-0.05, 0) is 63.2 Å². The molecule has 0 atom stereocenters. The summed E-state index contributed by atoms with van der Waals surface area (Å²) in [5.74, 6) is -0.719. The average Bonchev–Trinajstić information content (AvgIpc) is 2.48. The predicted molar refractivity (Wildman–Crippen MR) is 81.4 cm³/mol. The van der Waals surface area contributed by atoms with Crippen molar-refractivity contribution in [2.24, 2.45) is 11.7 Å². The number of carbonyl (C=O) groups excluding carboxylic acids is 1. The Morgan fingerprint density at radius 1 is 1.23 bits per heavy atom. The number of rotatable bonds is 6. The fourth-order valence-corrected chi connectivity index (χ4v) is 3.97. The predicted octanol–water partition coefficient (Wildman–Crippen LogP) is 1.19. The van der Waals surface area contributed by atoms with E-state index in [4.69, 9.17) is 5.73 Å². The molecule has 2 N–H and O–H groups in total. The Bertz CT molecular complexity index is 608. The van der Waals surface area contributed by atoms with Gasteiger partial charge in [0.15, 0.2) is 9.84 Å². The molecule has 1 heterocycles. The number of hydrogen-bond acceptors (Lipinski definition) is 4. The summed E-state index contributed by atoms with van der Waals surface area (Å²) in [7, 11) is -3.37. The Labute approximate surface area is 130 Å². The van der Waals surface area contributed by atoms with Crippen LogP contribution in [0, 0.1) is 11.7 Å². The fourth-order valence-electron chi connectivity index (χ4n) is 2.68. The maximum Gasteiger partial charge on any atom is 0.220 e. The minimum absolute atomic E-state index is 0.0361.